The van der Waals surface area contributed by atoms with E-state index >= 15 is 0 Å². The van der Waals surface area contributed by atoms with Crippen LogP contribution in [0.1, 0.15) is 18.9 Å². The molecule has 1 aromatic rings. The molecule has 0 aromatic heterocycles. The summed E-state index contributed by atoms with van der Waals surface area (Å²) >= 11 is 0. The summed E-state index contributed by atoms with van der Waals surface area (Å²) in [5, 5.41) is 6.36. The molecule has 0 bridgehead atoms. The van der Waals surface area contributed by atoms with Gasteiger partial charge in [0.25, 0.3) is 0 Å². The van der Waals surface area contributed by atoms with Crippen molar-refractivity contribution < 1.29 is 4.79 Å². The van der Waals surface area contributed by atoms with Gasteiger partial charge in [0.05, 0.1) is 0 Å². The number of nitrogens with zero attached hydrogens (tertiary/aromatic N) is 2. The van der Waals surface area contributed by atoms with Crippen LogP contribution in [0.25, 0.3) is 0 Å². The number of piperazine rings is 1. The molecular formula is C17H26N4O. The molecule has 3 rings (SSSR count). The van der Waals surface area contributed by atoms with Crippen molar-refractivity contribution in [2.24, 2.45) is 0 Å². The number of hydrogen-bond acceptors (Lipinski definition) is 4. The third-order valence-electron chi connectivity index (χ3n) is 4.64. The molecule has 120 valence electrons. The highest BCUT2D eigenvalue weighted by Gasteiger charge is 2.28. The average molecular weight is 302 g/mol. The number of benzene rings is 1. The molecule has 5 nitrogen and oxygen atoms in total. The lowest BCUT2D eigenvalue weighted by Gasteiger charge is -2.32. The van der Waals surface area contributed by atoms with Gasteiger partial charge < -0.3 is 10.6 Å². The molecule has 1 amide bonds. The van der Waals surface area contributed by atoms with Crippen LogP contribution in [0, 0.1) is 0 Å². The molecule has 2 aliphatic rings. The van der Waals surface area contributed by atoms with E-state index in [0.29, 0.717) is 6.04 Å². The van der Waals surface area contributed by atoms with E-state index in [1.54, 1.807) is 6.92 Å². The highest BCUT2D eigenvalue weighted by Crippen LogP contribution is 2.22. The van der Waals surface area contributed by atoms with Gasteiger partial charge in [-0.2, -0.15) is 0 Å². The molecule has 0 aliphatic carbocycles. The van der Waals surface area contributed by atoms with Crippen molar-refractivity contribution in [1.82, 2.24) is 15.1 Å². The van der Waals surface area contributed by atoms with E-state index in [1.165, 1.54) is 25.1 Å². The van der Waals surface area contributed by atoms with Crippen molar-refractivity contribution in [3.8, 4) is 0 Å². The maximum absolute atomic E-state index is 11.3. The maximum Gasteiger partial charge on any atom is 0.221 e. The third-order valence-corrected chi connectivity index (χ3v) is 4.64. The second-order valence-corrected chi connectivity index (χ2v) is 6.30. The fourth-order valence-electron chi connectivity index (χ4n) is 3.51. The van der Waals surface area contributed by atoms with Crippen LogP contribution in [0.5, 0.6) is 0 Å². The molecule has 22 heavy (non-hydrogen) atoms. The lowest BCUT2D eigenvalue weighted by Crippen LogP contribution is -2.49. The number of amides is 1. The molecule has 5 heteroatoms. The Morgan fingerprint density at radius 2 is 2.05 bits per heavy atom. The topological polar surface area (TPSA) is 47.6 Å². The molecule has 1 unspecified atom stereocenters. The first-order valence-corrected chi connectivity index (χ1v) is 8.25. The number of para-hydroxylation sites is 1. The molecule has 0 spiro atoms. The molecule has 2 saturated heterocycles. The van der Waals surface area contributed by atoms with Gasteiger partial charge in [-0.15, -0.1) is 0 Å². The van der Waals surface area contributed by atoms with Gasteiger partial charge in [0.15, 0.2) is 0 Å². The molecule has 2 heterocycles. The number of carbonyl (C=O) groups excluding carboxylic acids is 1. The number of rotatable bonds is 4. The van der Waals surface area contributed by atoms with Crippen LogP contribution in [0.2, 0.25) is 0 Å². The Hall–Kier alpha value is -1.43. The highest BCUT2D eigenvalue weighted by atomic mass is 16.1. The molecule has 2 N–H and O–H groups in total. The predicted molar refractivity (Wildman–Crippen MR) is 88.9 cm³/mol. The SMILES string of the molecule is CC(=O)Nc1ccccc1CN1CCC(N2CCNCC2)C1. The highest BCUT2D eigenvalue weighted by molar-refractivity contribution is 5.89. The minimum absolute atomic E-state index is 0.00688. The lowest BCUT2D eigenvalue weighted by molar-refractivity contribution is -0.114. The van der Waals surface area contributed by atoms with Crippen molar-refractivity contribution in [3.63, 3.8) is 0 Å². The minimum atomic E-state index is -0.00688. The summed E-state index contributed by atoms with van der Waals surface area (Å²) < 4.78 is 0. The van der Waals surface area contributed by atoms with E-state index in [-0.39, 0.29) is 5.91 Å². The number of anilines is 1. The van der Waals surface area contributed by atoms with Crippen molar-refractivity contribution in [1.29, 1.82) is 0 Å². The van der Waals surface area contributed by atoms with Crippen LogP contribution in [-0.2, 0) is 11.3 Å². The van der Waals surface area contributed by atoms with Crippen molar-refractivity contribution in [2.45, 2.75) is 25.9 Å². The number of carbonyl (C=O) groups is 1. The van der Waals surface area contributed by atoms with Gasteiger partial charge in [0, 0.05) is 64.5 Å². The standard InChI is InChI=1S/C17H26N4O/c1-14(22)19-17-5-3-2-4-15(17)12-20-9-6-16(13-20)21-10-7-18-8-11-21/h2-5,16,18H,6-13H2,1H3,(H,19,22). The van der Waals surface area contributed by atoms with Crippen LogP contribution < -0.4 is 10.6 Å². The van der Waals surface area contributed by atoms with Crippen LogP contribution in [-0.4, -0.2) is 61.0 Å². The van der Waals surface area contributed by atoms with Gasteiger partial charge in [-0.25, -0.2) is 0 Å². The fraction of sp³-hybridized carbons (Fsp3) is 0.588. The molecule has 1 aromatic carbocycles. The van der Waals surface area contributed by atoms with E-state index in [1.807, 2.05) is 18.2 Å². The fourth-order valence-corrected chi connectivity index (χ4v) is 3.51. The predicted octanol–water partition coefficient (Wildman–Crippen LogP) is 1.12. The Kier molecular flexibility index (Phi) is 5.08. The Bertz CT molecular complexity index is 513. The van der Waals surface area contributed by atoms with E-state index in [0.717, 1.165) is 38.4 Å². The van der Waals surface area contributed by atoms with E-state index in [9.17, 15) is 4.79 Å². The lowest BCUT2D eigenvalue weighted by atomic mass is 10.1. The van der Waals surface area contributed by atoms with Crippen LogP contribution in [0.3, 0.4) is 0 Å². The van der Waals surface area contributed by atoms with Gasteiger partial charge in [0.1, 0.15) is 0 Å². The largest absolute Gasteiger partial charge is 0.326 e. The van der Waals surface area contributed by atoms with Gasteiger partial charge in [-0.3, -0.25) is 14.6 Å². The Morgan fingerprint density at radius 1 is 1.27 bits per heavy atom. The summed E-state index contributed by atoms with van der Waals surface area (Å²) in [6.45, 7) is 9.31. The zero-order valence-electron chi connectivity index (χ0n) is 13.3. The van der Waals surface area contributed by atoms with Crippen LogP contribution >= 0.6 is 0 Å². The van der Waals surface area contributed by atoms with Crippen LogP contribution in [0.4, 0.5) is 5.69 Å². The second kappa shape index (κ2) is 7.22. The van der Waals surface area contributed by atoms with Crippen LogP contribution in [0.15, 0.2) is 24.3 Å². The van der Waals surface area contributed by atoms with E-state index in [2.05, 4.69) is 26.5 Å². The quantitative estimate of drug-likeness (QED) is 0.875. The van der Waals surface area contributed by atoms with Crippen molar-refractivity contribution >= 4 is 11.6 Å². The van der Waals surface area contributed by atoms with Gasteiger partial charge in [-0.1, -0.05) is 18.2 Å². The Balaban J connectivity index is 1.59. The monoisotopic (exact) mass is 302 g/mol. The summed E-state index contributed by atoms with van der Waals surface area (Å²) in [5.41, 5.74) is 2.15. The summed E-state index contributed by atoms with van der Waals surface area (Å²) in [5.74, 6) is -0.00688. The Morgan fingerprint density at radius 3 is 2.82 bits per heavy atom. The number of likely N-dealkylation sites (tertiary alicyclic amines) is 1. The summed E-state index contributed by atoms with van der Waals surface area (Å²) in [6, 6.07) is 8.81. The molecule has 0 saturated carbocycles. The van der Waals surface area contributed by atoms with Gasteiger partial charge >= 0.3 is 0 Å². The number of nitrogens with one attached hydrogen (secondary N) is 2. The smallest absolute Gasteiger partial charge is 0.221 e. The average Bonchev–Trinajstić information content (AvgIpc) is 2.98. The molecule has 2 aliphatic heterocycles. The molecule has 2 fully saturated rings. The summed E-state index contributed by atoms with van der Waals surface area (Å²) in [6.07, 6.45) is 1.25. The first-order valence-electron chi connectivity index (χ1n) is 8.25. The summed E-state index contributed by atoms with van der Waals surface area (Å²) in [7, 11) is 0. The first-order chi connectivity index (χ1) is 10.7. The Labute approximate surface area is 132 Å². The zero-order valence-corrected chi connectivity index (χ0v) is 13.3. The van der Waals surface area contributed by atoms with Gasteiger partial charge in [-0.05, 0) is 18.1 Å². The maximum atomic E-state index is 11.3. The second-order valence-electron chi connectivity index (χ2n) is 6.30. The van der Waals surface area contributed by atoms with E-state index < -0.39 is 0 Å². The van der Waals surface area contributed by atoms with E-state index in [4.69, 9.17) is 0 Å². The number of hydrogen-bond donors (Lipinski definition) is 2. The molecular weight excluding hydrogens is 276 g/mol. The third kappa shape index (κ3) is 3.85. The van der Waals surface area contributed by atoms with Gasteiger partial charge in [0.2, 0.25) is 5.91 Å². The molecule has 0 radical (unpaired) electrons. The summed E-state index contributed by atoms with van der Waals surface area (Å²) in [4.78, 5) is 16.5. The zero-order chi connectivity index (χ0) is 15.4. The normalized spacial score (nSPS) is 23.6. The minimum Gasteiger partial charge on any atom is -0.326 e. The first kappa shape index (κ1) is 15.5. The van der Waals surface area contributed by atoms with Crippen molar-refractivity contribution in [3.05, 3.63) is 29.8 Å². The molecule has 1 atom stereocenters. The van der Waals surface area contributed by atoms with Crippen molar-refractivity contribution in [2.75, 3.05) is 44.6 Å².